The fourth-order valence-corrected chi connectivity index (χ4v) is 2.83. The number of benzene rings is 1. The minimum Gasteiger partial charge on any atom is -0.398 e. The zero-order chi connectivity index (χ0) is 14.1. The zero-order valence-electron chi connectivity index (χ0n) is 11.0. The van der Waals surface area contributed by atoms with Crippen molar-refractivity contribution in [3.05, 3.63) is 52.1 Å². The lowest BCUT2D eigenvalue weighted by Gasteiger charge is -2.04. The Morgan fingerprint density at radius 3 is 2.85 bits per heavy atom. The van der Waals surface area contributed by atoms with Crippen molar-refractivity contribution in [1.82, 2.24) is 9.97 Å². The molecular weight excluding hydrogens is 270 g/mol. The molecule has 0 amide bonds. The zero-order valence-corrected chi connectivity index (χ0v) is 11.8. The Morgan fingerprint density at radius 1 is 1.30 bits per heavy atom. The second-order valence-corrected chi connectivity index (χ2v) is 5.54. The molecule has 0 unspecified atom stereocenters. The first-order valence-electron chi connectivity index (χ1n) is 6.23. The second-order valence-electron chi connectivity index (χ2n) is 4.60. The smallest absolute Gasteiger partial charge is 0.188 e. The van der Waals surface area contributed by atoms with Crippen molar-refractivity contribution in [3.63, 3.8) is 0 Å². The van der Waals surface area contributed by atoms with E-state index in [9.17, 15) is 4.79 Å². The van der Waals surface area contributed by atoms with Gasteiger partial charge in [-0.2, -0.15) is 0 Å². The van der Waals surface area contributed by atoms with E-state index in [4.69, 9.17) is 5.73 Å². The van der Waals surface area contributed by atoms with Crippen LogP contribution in [0.4, 0.5) is 5.69 Å². The standard InChI is InChI=1S/C15H13N3OS/c1-9-8-20-15(17-9)7-14(19)13-6-11(16)10-4-2-3-5-12(10)18-13/h2-6,8H,7H2,1H3,(H2,16,18). The fourth-order valence-electron chi connectivity index (χ4n) is 2.06. The van der Waals surface area contributed by atoms with Gasteiger partial charge in [-0.05, 0) is 19.1 Å². The van der Waals surface area contributed by atoms with Crippen molar-refractivity contribution in [2.75, 3.05) is 5.73 Å². The van der Waals surface area contributed by atoms with Crippen LogP contribution in [-0.4, -0.2) is 15.8 Å². The minimum atomic E-state index is -0.0585. The molecule has 100 valence electrons. The van der Waals surface area contributed by atoms with E-state index in [1.165, 1.54) is 11.3 Å². The summed E-state index contributed by atoms with van der Waals surface area (Å²) in [6, 6.07) is 9.19. The van der Waals surface area contributed by atoms with Crippen LogP contribution >= 0.6 is 11.3 Å². The van der Waals surface area contributed by atoms with Gasteiger partial charge in [0.25, 0.3) is 0 Å². The second kappa shape index (κ2) is 5.02. The molecule has 0 aliphatic heterocycles. The van der Waals surface area contributed by atoms with E-state index in [2.05, 4.69) is 9.97 Å². The average Bonchev–Trinajstić information content (AvgIpc) is 2.84. The van der Waals surface area contributed by atoms with E-state index < -0.39 is 0 Å². The summed E-state index contributed by atoms with van der Waals surface area (Å²) in [6.07, 6.45) is 0.267. The third-order valence-electron chi connectivity index (χ3n) is 3.01. The summed E-state index contributed by atoms with van der Waals surface area (Å²) in [6.45, 7) is 1.91. The number of nitrogen functional groups attached to an aromatic ring is 1. The number of pyridine rings is 1. The van der Waals surface area contributed by atoms with Gasteiger partial charge in [0.2, 0.25) is 0 Å². The molecule has 4 nitrogen and oxygen atoms in total. The topological polar surface area (TPSA) is 68.9 Å². The molecule has 20 heavy (non-hydrogen) atoms. The minimum absolute atomic E-state index is 0.0585. The third-order valence-corrected chi connectivity index (χ3v) is 3.98. The molecule has 1 aromatic carbocycles. The Bertz CT molecular complexity index is 795. The number of anilines is 1. The number of nitrogens with zero attached hydrogens (tertiary/aromatic N) is 2. The maximum Gasteiger partial charge on any atom is 0.188 e. The number of rotatable bonds is 3. The first kappa shape index (κ1) is 12.7. The van der Waals surface area contributed by atoms with Gasteiger partial charge < -0.3 is 5.73 Å². The summed E-state index contributed by atoms with van der Waals surface area (Å²) in [5.74, 6) is -0.0585. The summed E-state index contributed by atoms with van der Waals surface area (Å²) in [4.78, 5) is 21.0. The highest BCUT2D eigenvalue weighted by Gasteiger charge is 2.13. The highest BCUT2D eigenvalue weighted by atomic mass is 32.1. The quantitative estimate of drug-likeness (QED) is 0.750. The van der Waals surface area contributed by atoms with E-state index in [1.807, 2.05) is 36.6 Å². The number of aryl methyl sites for hydroxylation is 1. The monoisotopic (exact) mass is 283 g/mol. The molecular formula is C15H13N3OS. The average molecular weight is 283 g/mol. The number of carbonyl (C=O) groups is 1. The summed E-state index contributed by atoms with van der Waals surface area (Å²) < 4.78 is 0. The number of nitrogens with two attached hydrogens (primary N) is 1. The Labute approximate surface area is 120 Å². The SMILES string of the molecule is Cc1csc(CC(=O)c2cc(N)c3ccccc3n2)n1. The Morgan fingerprint density at radius 2 is 2.10 bits per heavy atom. The molecule has 0 bridgehead atoms. The van der Waals surface area contributed by atoms with E-state index in [-0.39, 0.29) is 12.2 Å². The maximum absolute atomic E-state index is 12.3. The molecule has 0 aliphatic rings. The van der Waals surface area contributed by atoms with Crippen LogP contribution in [0, 0.1) is 6.92 Å². The predicted molar refractivity (Wildman–Crippen MR) is 81.0 cm³/mol. The molecule has 5 heteroatoms. The van der Waals surface area contributed by atoms with Crippen LogP contribution in [0.15, 0.2) is 35.7 Å². The van der Waals surface area contributed by atoms with Crippen LogP contribution in [0.3, 0.4) is 0 Å². The van der Waals surface area contributed by atoms with Crippen LogP contribution < -0.4 is 5.73 Å². The van der Waals surface area contributed by atoms with Gasteiger partial charge in [-0.1, -0.05) is 18.2 Å². The number of Topliss-reactive ketones (excluding diaryl/α,β-unsaturated/α-hetero) is 1. The number of thiazole rings is 1. The third kappa shape index (κ3) is 2.40. The normalized spacial score (nSPS) is 10.8. The van der Waals surface area contributed by atoms with Gasteiger partial charge in [0.05, 0.1) is 11.9 Å². The van der Waals surface area contributed by atoms with E-state index in [0.717, 1.165) is 21.6 Å². The molecule has 0 radical (unpaired) electrons. The number of hydrogen-bond acceptors (Lipinski definition) is 5. The molecule has 0 fully saturated rings. The number of ketones is 1. The van der Waals surface area contributed by atoms with Gasteiger partial charge in [0.15, 0.2) is 5.78 Å². The first-order valence-corrected chi connectivity index (χ1v) is 7.11. The molecule has 0 aliphatic carbocycles. The lowest BCUT2D eigenvalue weighted by molar-refractivity contribution is 0.0988. The number of carbonyl (C=O) groups excluding carboxylic acids is 1. The fraction of sp³-hybridized carbons (Fsp3) is 0.133. The van der Waals surface area contributed by atoms with E-state index >= 15 is 0 Å². The lowest BCUT2D eigenvalue weighted by atomic mass is 10.1. The van der Waals surface area contributed by atoms with Crippen molar-refractivity contribution >= 4 is 33.7 Å². The van der Waals surface area contributed by atoms with Crippen LogP contribution in [-0.2, 0) is 6.42 Å². The van der Waals surface area contributed by atoms with Crippen LogP contribution in [0.1, 0.15) is 21.2 Å². The number of para-hydroxylation sites is 1. The number of fused-ring (bicyclic) bond motifs is 1. The molecule has 0 saturated heterocycles. The summed E-state index contributed by atoms with van der Waals surface area (Å²) >= 11 is 1.49. The maximum atomic E-state index is 12.3. The van der Waals surface area contributed by atoms with Gasteiger partial charge in [-0.3, -0.25) is 4.79 Å². The Kier molecular flexibility index (Phi) is 3.20. The van der Waals surface area contributed by atoms with E-state index in [0.29, 0.717) is 11.4 Å². The van der Waals surface area contributed by atoms with Crippen LogP contribution in [0.2, 0.25) is 0 Å². The van der Waals surface area contributed by atoms with Crippen molar-refractivity contribution < 1.29 is 4.79 Å². The summed E-state index contributed by atoms with van der Waals surface area (Å²) in [5, 5.41) is 3.61. The molecule has 3 rings (SSSR count). The molecule has 3 aromatic rings. The number of hydrogen-bond donors (Lipinski definition) is 1. The number of aromatic nitrogens is 2. The predicted octanol–water partition coefficient (Wildman–Crippen LogP) is 3.01. The van der Waals surface area contributed by atoms with Crippen molar-refractivity contribution in [2.45, 2.75) is 13.3 Å². The Balaban J connectivity index is 1.95. The molecule has 2 N–H and O–H groups in total. The van der Waals surface area contributed by atoms with Gasteiger partial charge in [-0.15, -0.1) is 11.3 Å². The molecule has 0 atom stereocenters. The molecule has 0 spiro atoms. The first-order chi connectivity index (χ1) is 9.63. The largest absolute Gasteiger partial charge is 0.398 e. The van der Waals surface area contributed by atoms with Crippen molar-refractivity contribution in [1.29, 1.82) is 0 Å². The van der Waals surface area contributed by atoms with Crippen molar-refractivity contribution in [2.24, 2.45) is 0 Å². The van der Waals surface area contributed by atoms with Gasteiger partial charge in [0, 0.05) is 22.1 Å². The van der Waals surface area contributed by atoms with Crippen molar-refractivity contribution in [3.8, 4) is 0 Å². The van der Waals surface area contributed by atoms with Crippen LogP contribution in [0.5, 0.6) is 0 Å². The highest BCUT2D eigenvalue weighted by Crippen LogP contribution is 2.21. The Hall–Kier alpha value is -2.27. The van der Waals surface area contributed by atoms with Crippen LogP contribution in [0.25, 0.3) is 10.9 Å². The molecule has 0 saturated carbocycles. The highest BCUT2D eigenvalue weighted by molar-refractivity contribution is 7.09. The molecule has 2 heterocycles. The summed E-state index contributed by atoms with van der Waals surface area (Å²) in [7, 11) is 0. The van der Waals surface area contributed by atoms with E-state index in [1.54, 1.807) is 6.07 Å². The van der Waals surface area contributed by atoms with Gasteiger partial charge in [0.1, 0.15) is 10.7 Å². The van der Waals surface area contributed by atoms with Gasteiger partial charge >= 0.3 is 0 Å². The molecule has 2 aromatic heterocycles. The summed E-state index contributed by atoms with van der Waals surface area (Å²) in [5.41, 5.74) is 8.64. The van der Waals surface area contributed by atoms with Gasteiger partial charge in [-0.25, -0.2) is 9.97 Å². The lowest BCUT2D eigenvalue weighted by Crippen LogP contribution is -2.07.